The third kappa shape index (κ3) is 5.32. The second-order valence-electron chi connectivity index (χ2n) is 7.23. The fourth-order valence-electron chi connectivity index (χ4n) is 3.26. The molecule has 7 nitrogen and oxygen atoms in total. The van der Waals surface area contributed by atoms with Crippen molar-refractivity contribution in [3.05, 3.63) is 65.7 Å². The summed E-state index contributed by atoms with van der Waals surface area (Å²) in [6.45, 7) is 4.38. The highest BCUT2D eigenvalue weighted by Gasteiger charge is 2.30. The maximum Gasteiger partial charge on any atom is 0.331 e. The molecule has 0 aliphatic carbocycles. The Hall–Kier alpha value is -3.13. The van der Waals surface area contributed by atoms with Gasteiger partial charge in [0.05, 0.1) is 10.6 Å². The summed E-state index contributed by atoms with van der Waals surface area (Å²) in [5.41, 5.74) is 2.37. The van der Waals surface area contributed by atoms with Gasteiger partial charge in [-0.05, 0) is 55.2 Å². The third-order valence-corrected chi connectivity index (χ3v) is 6.76. The summed E-state index contributed by atoms with van der Waals surface area (Å²) in [4.78, 5) is 23.9. The molecular weight excluding hydrogens is 416 g/mol. The second-order valence-corrected chi connectivity index (χ2v) is 9.09. The molecule has 0 radical (unpaired) electrons. The molecule has 0 saturated carbocycles. The van der Waals surface area contributed by atoms with Crippen LogP contribution in [-0.4, -0.2) is 39.5 Å². The van der Waals surface area contributed by atoms with Gasteiger partial charge in [0.2, 0.25) is 0 Å². The predicted molar refractivity (Wildman–Crippen MR) is 119 cm³/mol. The molecular formula is C23H26N2O5S. The molecule has 164 valence electrons. The standard InChI is InChI=1S/C23H26N2O5S/c1-3-15-24-23(27)17(2)30-22(26)13-10-18-8-11-20(12-9-18)31(28,29)25-16-14-19-6-4-5-7-21(19)25/h4-13,17H,3,14-16H2,1-2H3,(H,24,27)/b13-10+/t17-/m1/s1. The minimum atomic E-state index is -3.66. The van der Waals surface area contributed by atoms with Gasteiger partial charge >= 0.3 is 5.97 Å². The number of hydrogen-bond donors (Lipinski definition) is 1. The van der Waals surface area contributed by atoms with Crippen molar-refractivity contribution in [1.29, 1.82) is 0 Å². The van der Waals surface area contributed by atoms with Crippen molar-refractivity contribution < 1.29 is 22.7 Å². The van der Waals surface area contributed by atoms with Crippen LogP contribution in [0.25, 0.3) is 6.08 Å². The molecule has 1 amide bonds. The number of carbonyl (C=O) groups excluding carboxylic acids is 2. The molecule has 1 aliphatic heterocycles. The number of ether oxygens (including phenoxy) is 1. The number of rotatable bonds is 8. The number of esters is 1. The average molecular weight is 443 g/mol. The van der Waals surface area contributed by atoms with Crippen molar-refractivity contribution in [3.8, 4) is 0 Å². The Morgan fingerprint density at radius 2 is 1.87 bits per heavy atom. The summed E-state index contributed by atoms with van der Waals surface area (Å²) in [5, 5.41) is 2.66. The van der Waals surface area contributed by atoms with Crippen LogP contribution in [0.2, 0.25) is 0 Å². The summed E-state index contributed by atoms with van der Waals surface area (Å²) in [6.07, 6.45) is 3.32. The van der Waals surface area contributed by atoms with Gasteiger partial charge in [0.25, 0.3) is 15.9 Å². The molecule has 2 aromatic rings. The van der Waals surface area contributed by atoms with Crippen molar-refractivity contribution in [1.82, 2.24) is 5.32 Å². The van der Waals surface area contributed by atoms with Gasteiger partial charge in [0.1, 0.15) is 0 Å². The molecule has 0 aromatic heterocycles. The predicted octanol–water partition coefficient (Wildman–Crippen LogP) is 2.91. The smallest absolute Gasteiger partial charge is 0.331 e. The van der Waals surface area contributed by atoms with E-state index in [-0.39, 0.29) is 10.8 Å². The summed E-state index contributed by atoms with van der Waals surface area (Å²) < 4.78 is 32.6. The number of para-hydroxylation sites is 1. The first kappa shape index (κ1) is 22.6. The number of carbonyl (C=O) groups is 2. The lowest BCUT2D eigenvalue weighted by Gasteiger charge is -2.19. The molecule has 1 atom stereocenters. The Bertz CT molecular complexity index is 1080. The van der Waals surface area contributed by atoms with Crippen LogP contribution in [0, 0.1) is 0 Å². The van der Waals surface area contributed by atoms with E-state index < -0.39 is 22.1 Å². The van der Waals surface area contributed by atoms with Gasteiger partial charge in [-0.1, -0.05) is 37.3 Å². The summed E-state index contributed by atoms with van der Waals surface area (Å²) >= 11 is 0. The minimum Gasteiger partial charge on any atom is -0.449 e. The number of anilines is 1. The van der Waals surface area contributed by atoms with Gasteiger partial charge in [0.15, 0.2) is 6.10 Å². The van der Waals surface area contributed by atoms with Crippen LogP contribution >= 0.6 is 0 Å². The van der Waals surface area contributed by atoms with Gasteiger partial charge in [-0.15, -0.1) is 0 Å². The van der Waals surface area contributed by atoms with Gasteiger partial charge in [0, 0.05) is 19.2 Å². The maximum absolute atomic E-state index is 13.0. The van der Waals surface area contributed by atoms with Crippen molar-refractivity contribution in [2.24, 2.45) is 0 Å². The molecule has 0 saturated heterocycles. The molecule has 2 aromatic carbocycles. The van der Waals surface area contributed by atoms with E-state index in [0.717, 1.165) is 12.0 Å². The second kappa shape index (κ2) is 9.78. The zero-order chi connectivity index (χ0) is 22.4. The van der Waals surface area contributed by atoms with Crippen LogP contribution in [-0.2, 0) is 30.8 Å². The van der Waals surface area contributed by atoms with Crippen LogP contribution in [0.15, 0.2) is 59.5 Å². The van der Waals surface area contributed by atoms with Crippen LogP contribution in [0.4, 0.5) is 5.69 Å². The Morgan fingerprint density at radius 1 is 1.16 bits per heavy atom. The highest BCUT2D eigenvalue weighted by atomic mass is 32.2. The number of benzene rings is 2. The lowest BCUT2D eigenvalue weighted by Crippen LogP contribution is -2.35. The molecule has 1 heterocycles. The van der Waals surface area contributed by atoms with E-state index in [1.165, 1.54) is 35.5 Å². The average Bonchev–Trinajstić information content (AvgIpc) is 3.21. The summed E-state index contributed by atoms with van der Waals surface area (Å²) in [6, 6.07) is 13.8. The zero-order valence-corrected chi connectivity index (χ0v) is 18.4. The van der Waals surface area contributed by atoms with E-state index in [0.29, 0.717) is 30.8 Å². The molecule has 0 fully saturated rings. The highest BCUT2D eigenvalue weighted by molar-refractivity contribution is 7.92. The molecule has 1 N–H and O–H groups in total. The largest absolute Gasteiger partial charge is 0.449 e. The number of fused-ring (bicyclic) bond motifs is 1. The van der Waals surface area contributed by atoms with Gasteiger partial charge in [-0.3, -0.25) is 9.10 Å². The van der Waals surface area contributed by atoms with Gasteiger partial charge in [-0.25, -0.2) is 13.2 Å². The number of sulfonamides is 1. The van der Waals surface area contributed by atoms with E-state index in [1.54, 1.807) is 12.1 Å². The van der Waals surface area contributed by atoms with E-state index in [9.17, 15) is 18.0 Å². The molecule has 8 heteroatoms. The monoisotopic (exact) mass is 442 g/mol. The quantitative estimate of drug-likeness (QED) is 0.501. The van der Waals surface area contributed by atoms with Crippen LogP contribution < -0.4 is 9.62 Å². The first-order chi connectivity index (χ1) is 14.8. The van der Waals surface area contributed by atoms with Gasteiger partial charge in [-0.2, -0.15) is 0 Å². The minimum absolute atomic E-state index is 0.185. The Balaban J connectivity index is 1.64. The maximum atomic E-state index is 13.0. The molecule has 0 bridgehead atoms. The Kier molecular flexibility index (Phi) is 7.12. The van der Waals surface area contributed by atoms with E-state index in [1.807, 2.05) is 31.2 Å². The van der Waals surface area contributed by atoms with Crippen LogP contribution in [0.1, 0.15) is 31.4 Å². The molecule has 3 rings (SSSR count). The fraction of sp³-hybridized carbons (Fsp3) is 0.304. The number of hydrogen-bond acceptors (Lipinski definition) is 5. The molecule has 1 aliphatic rings. The third-order valence-electron chi connectivity index (χ3n) is 4.94. The van der Waals surface area contributed by atoms with Crippen molar-refractivity contribution in [3.63, 3.8) is 0 Å². The first-order valence-corrected chi connectivity index (χ1v) is 11.6. The SMILES string of the molecule is CCCNC(=O)[C@@H](C)OC(=O)/C=C/c1ccc(S(=O)(=O)N2CCc3ccccc32)cc1. The topological polar surface area (TPSA) is 92.8 Å². The number of amides is 1. The zero-order valence-electron chi connectivity index (χ0n) is 17.6. The lowest BCUT2D eigenvalue weighted by molar-refractivity contribution is -0.150. The molecule has 31 heavy (non-hydrogen) atoms. The fourth-order valence-corrected chi connectivity index (χ4v) is 4.76. The normalized spacial score (nSPS) is 14.3. The number of nitrogens with one attached hydrogen (secondary N) is 1. The summed E-state index contributed by atoms with van der Waals surface area (Å²) in [7, 11) is -3.66. The van der Waals surface area contributed by atoms with E-state index in [4.69, 9.17) is 4.74 Å². The Morgan fingerprint density at radius 3 is 2.58 bits per heavy atom. The lowest BCUT2D eigenvalue weighted by atomic mass is 10.2. The molecule has 0 spiro atoms. The highest BCUT2D eigenvalue weighted by Crippen LogP contribution is 2.32. The van der Waals surface area contributed by atoms with Gasteiger partial charge < -0.3 is 10.1 Å². The van der Waals surface area contributed by atoms with Crippen molar-refractivity contribution >= 4 is 33.7 Å². The van der Waals surface area contributed by atoms with Crippen molar-refractivity contribution in [2.75, 3.05) is 17.4 Å². The van der Waals surface area contributed by atoms with Crippen LogP contribution in [0.3, 0.4) is 0 Å². The van der Waals surface area contributed by atoms with E-state index >= 15 is 0 Å². The van der Waals surface area contributed by atoms with Crippen molar-refractivity contribution in [2.45, 2.75) is 37.7 Å². The molecule has 0 unspecified atom stereocenters. The Labute approximate surface area is 182 Å². The van der Waals surface area contributed by atoms with Crippen LogP contribution in [0.5, 0.6) is 0 Å². The number of nitrogens with zero attached hydrogens (tertiary/aromatic N) is 1. The first-order valence-electron chi connectivity index (χ1n) is 10.2. The van der Waals surface area contributed by atoms with E-state index in [2.05, 4.69) is 5.32 Å². The summed E-state index contributed by atoms with van der Waals surface area (Å²) in [5.74, 6) is -0.994.